The van der Waals surface area contributed by atoms with Crippen LogP contribution in [0.3, 0.4) is 0 Å². The summed E-state index contributed by atoms with van der Waals surface area (Å²) in [4.78, 5) is 57.9. The predicted octanol–water partition coefficient (Wildman–Crippen LogP) is -1.49. The van der Waals surface area contributed by atoms with Crippen molar-refractivity contribution >= 4 is 35.5 Å². The molecule has 0 radical (unpaired) electrons. The van der Waals surface area contributed by atoms with Crippen LogP contribution in [0, 0.1) is 0 Å². The van der Waals surface area contributed by atoms with Crippen molar-refractivity contribution in [2.24, 2.45) is 11.0 Å². The summed E-state index contributed by atoms with van der Waals surface area (Å²) in [6.45, 7) is 3.31. The van der Waals surface area contributed by atoms with Gasteiger partial charge in [-0.1, -0.05) is 5.16 Å². The maximum absolute atomic E-state index is 12.4. The van der Waals surface area contributed by atoms with Crippen LogP contribution in [0.1, 0.15) is 27.7 Å². The third-order valence-corrected chi connectivity index (χ3v) is 2.96. The van der Waals surface area contributed by atoms with Gasteiger partial charge in [-0.05, 0) is 0 Å². The molecule has 0 heterocycles. The van der Waals surface area contributed by atoms with E-state index >= 15 is 0 Å². The molecule has 0 aliphatic heterocycles. The lowest BCUT2D eigenvalue weighted by Gasteiger charge is -2.32. The Labute approximate surface area is 160 Å². The van der Waals surface area contributed by atoms with E-state index in [4.69, 9.17) is 24.8 Å². The Kier molecular flexibility index (Phi) is 10.2. The van der Waals surface area contributed by atoms with Crippen LogP contribution in [0.4, 0.5) is 0 Å². The lowest BCUT2D eigenvalue weighted by atomic mass is 10.0. The number of amides is 1. The summed E-state index contributed by atoms with van der Waals surface area (Å²) in [7, 11) is 1.13. The lowest BCUT2D eigenvalue weighted by molar-refractivity contribution is -0.184. The topological polar surface area (TPSA) is 184 Å². The number of carbonyl (C=O) groups excluding carboxylic acids is 5. The maximum Gasteiger partial charge on any atom is 0.303 e. The molecule has 0 aliphatic rings. The van der Waals surface area contributed by atoms with Gasteiger partial charge in [0.25, 0.3) is 5.91 Å². The highest BCUT2D eigenvalue weighted by Crippen LogP contribution is 2.18. The van der Waals surface area contributed by atoms with E-state index in [9.17, 15) is 29.2 Å². The fourth-order valence-corrected chi connectivity index (χ4v) is 1.96. The first-order chi connectivity index (χ1) is 12.9. The SMILES string of the molecule is CC(=O)OCC(=NO)[C@H](OC(C)=O)[C@@H](OC(C)=O)[C@H](OC(C)=O)C(=O)N(C)N. The zero-order valence-corrected chi connectivity index (χ0v) is 16.0. The molecule has 28 heavy (non-hydrogen) atoms. The van der Waals surface area contributed by atoms with Gasteiger partial charge in [-0.15, -0.1) is 0 Å². The smallest absolute Gasteiger partial charge is 0.303 e. The van der Waals surface area contributed by atoms with Crippen molar-refractivity contribution in [2.45, 2.75) is 46.0 Å². The Hall–Kier alpha value is -3.22. The van der Waals surface area contributed by atoms with E-state index in [2.05, 4.69) is 5.16 Å². The summed E-state index contributed by atoms with van der Waals surface area (Å²) in [5.41, 5.74) is -0.499. The van der Waals surface area contributed by atoms with E-state index in [1.807, 2.05) is 0 Å². The number of esters is 4. The van der Waals surface area contributed by atoms with Crippen LogP contribution in [-0.2, 0) is 42.9 Å². The van der Waals surface area contributed by atoms with Crippen LogP contribution >= 0.6 is 0 Å². The highest BCUT2D eigenvalue weighted by atomic mass is 16.6. The number of hydrogen-bond acceptors (Lipinski definition) is 12. The molecule has 0 unspecified atom stereocenters. The summed E-state index contributed by atoms with van der Waals surface area (Å²) in [6.07, 6.45) is -5.42. The molecular weight excluding hydrogens is 382 g/mol. The van der Waals surface area contributed by atoms with Gasteiger partial charge in [-0.3, -0.25) is 29.0 Å². The summed E-state index contributed by atoms with van der Waals surface area (Å²) >= 11 is 0. The largest absolute Gasteiger partial charge is 0.459 e. The number of oxime groups is 1. The van der Waals surface area contributed by atoms with Gasteiger partial charge in [0.05, 0.1) is 0 Å². The highest BCUT2D eigenvalue weighted by Gasteiger charge is 2.45. The van der Waals surface area contributed by atoms with Gasteiger partial charge in [-0.25, -0.2) is 5.84 Å². The molecule has 13 nitrogen and oxygen atoms in total. The van der Waals surface area contributed by atoms with E-state index in [-0.39, 0.29) is 0 Å². The molecule has 0 spiro atoms. The minimum Gasteiger partial charge on any atom is -0.459 e. The summed E-state index contributed by atoms with van der Waals surface area (Å²) in [6, 6.07) is 0. The van der Waals surface area contributed by atoms with Gasteiger partial charge in [0, 0.05) is 34.7 Å². The molecule has 0 saturated carbocycles. The first-order valence-electron chi connectivity index (χ1n) is 7.78. The number of nitrogens with two attached hydrogens (primary N) is 1. The average molecular weight is 405 g/mol. The first kappa shape index (κ1) is 24.8. The van der Waals surface area contributed by atoms with Crippen LogP contribution < -0.4 is 5.84 Å². The first-order valence-corrected chi connectivity index (χ1v) is 7.78. The van der Waals surface area contributed by atoms with Gasteiger partial charge >= 0.3 is 23.9 Å². The molecule has 0 saturated heterocycles. The number of hydrazine groups is 1. The fraction of sp³-hybridized carbons (Fsp3) is 0.600. The monoisotopic (exact) mass is 405 g/mol. The molecule has 13 heteroatoms. The second-order valence-corrected chi connectivity index (χ2v) is 5.45. The number of hydrogen-bond donors (Lipinski definition) is 2. The van der Waals surface area contributed by atoms with Gasteiger partial charge in [0.1, 0.15) is 12.3 Å². The van der Waals surface area contributed by atoms with Crippen LogP contribution in [-0.4, -0.2) is 77.7 Å². The van der Waals surface area contributed by atoms with Gasteiger partial charge in [-0.2, -0.15) is 0 Å². The quantitative estimate of drug-likeness (QED) is 0.0865. The zero-order chi connectivity index (χ0) is 22.0. The predicted molar refractivity (Wildman–Crippen MR) is 89.5 cm³/mol. The minimum absolute atomic E-state index is 0.499. The van der Waals surface area contributed by atoms with Crippen molar-refractivity contribution in [3.63, 3.8) is 0 Å². The van der Waals surface area contributed by atoms with Crippen molar-refractivity contribution in [1.82, 2.24) is 5.01 Å². The Morgan fingerprint density at radius 1 is 0.893 bits per heavy atom. The molecule has 0 aliphatic carbocycles. The van der Waals surface area contributed by atoms with Crippen molar-refractivity contribution in [2.75, 3.05) is 13.7 Å². The average Bonchev–Trinajstić information content (AvgIpc) is 2.55. The number of ether oxygens (including phenoxy) is 4. The Morgan fingerprint density at radius 2 is 1.36 bits per heavy atom. The van der Waals surface area contributed by atoms with Crippen molar-refractivity contribution in [3.8, 4) is 0 Å². The van der Waals surface area contributed by atoms with E-state index in [1.165, 1.54) is 0 Å². The molecule has 3 N–H and O–H groups in total. The second-order valence-electron chi connectivity index (χ2n) is 5.45. The van der Waals surface area contributed by atoms with E-state index < -0.39 is 60.4 Å². The molecule has 0 fully saturated rings. The number of rotatable bonds is 9. The van der Waals surface area contributed by atoms with E-state index in [0.29, 0.717) is 5.01 Å². The molecule has 0 rings (SSSR count). The highest BCUT2D eigenvalue weighted by molar-refractivity contribution is 5.94. The molecule has 0 bridgehead atoms. The third-order valence-electron chi connectivity index (χ3n) is 2.96. The second kappa shape index (κ2) is 11.5. The Morgan fingerprint density at radius 3 is 1.71 bits per heavy atom. The third kappa shape index (κ3) is 8.44. The van der Waals surface area contributed by atoms with Crippen LogP contribution in [0.15, 0.2) is 5.16 Å². The Balaban J connectivity index is 6.25. The Bertz CT molecular complexity index is 646. The normalized spacial score (nSPS) is 14.1. The maximum atomic E-state index is 12.4. The zero-order valence-electron chi connectivity index (χ0n) is 16.0. The minimum atomic E-state index is -1.87. The van der Waals surface area contributed by atoms with Gasteiger partial charge in [0.15, 0.2) is 12.2 Å². The van der Waals surface area contributed by atoms with Crippen LogP contribution in [0.25, 0.3) is 0 Å². The van der Waals surface area contributed by atoms with Crippen molar-refractivity contribution in [1.29, 1.82) is 0 Å². The van der Waals surface area contributed by atoms with Crippen molar-refractivity contribution < 1.29 is 48.1 Å². The molecule has 0 aromatic carbocycles. The van der Waals surface area contributed by atoms with Gasteiger partial charge in [0.2, 0.25) is 6.10 Å². The molecule has 158 valence electrons. The lowest BCUT2D eigenvalue weighted by Crippen LogP contribution is -2.56. The van der Waals surface area contributed by atoms with Crippen LogP contribution in [0.5, 0.6) is 0 Å². The van der Waals surface area contributed by atoms with Crippen LogP contribution in [0.2, 0.25) is 0 Å². The molecule has 0 aromatic rings. The summed E-state index contributed by atoms with van der Waals surface area (Å²) in [5.74, 6) is 0.777. The van der Waals surface area contributed by atoms with E-state index in [0.717, 1.165) is 34.7 Å². The standard InChI is InChI=1S/C15H23N3O10/c1-7(19)25-6-11(17-24)12(26-8(2)20)13(27-9(3)21)14(28-10(4)22)15(23)18(5)16/h12-14,24H,6,16H2,1-5H3/t12-,13+,14-/m0/s1. The number of nitrogens with zero attached hydrogens (tertiary/aromatic N) is 2. The molecule has 0 aromatic heterocycles. The number of carbonyl (C=O) groups is 5. The summed E-state index contributed by atoms with van der Waals surface area (Å²) in [5, 5.41) is 12.7. The van der Waals surface area contributed by atoms with E-state index in [1.54, 1.807) is 0 Å². The molecule has 3 atom stereocenters. The summed E-state index contributed by atoms with van der Waals surface area (Å²) < 4.78 is 19.6. The fourth-order valence-electron chi connectivity index (χ4n) is 1.96. The molecular formula is C15H23N3O10. The van der Waals surface area contributed by atoms with Crippen molar-refractivity contribution in [3.05, 3.63) is 0 Å². The van der Waals surface area contributed by atoms with Gasteiger partial charge < -0.3 is 24.2 Å². The molecule has 1 amide bonds. The number of likely N-dealkylation sites (N-methyl/N-ethyl adjacent to an activating group) is 1.